The number of hydrogen-bond donors (Lipinski definition) is 0. The van der Waals surface area contributed by atoms with Gasteiger partial charge in [0.25, 0.3) is 0 Å². The minimum atomic E-state index is -4.65. The van der Waals surface area contributed by atoms with Crippen molar-refractivity contribution in [2.75, 3.05) is 6.26 Å². The van der Waals surface area contributed by atoms with E-state index in [9.17, 15) is 21.6 Å². The highest BCUT2D eigenvalue weighted by atomic mass is 35.5. The van der Waals surface area contributed by atoms with Gasteiger partial charge in [0.05, 0.1) is 21.0 Å². The van der Waals surface area contributed by atoms with Crippen LogP contribution in [0, 0.1) is 5.92 Å². The van der Waals surface area contributed by atoms with Crippen molar-refractivity contribution in [2.24, 2.45) is 5.92 Å². The van der Waals surface area contributed by atoms with Gasteiger partial charge in [0.15, 0.2) is 21.4 Å². The molecule has 2 aliphatic carbocycles. The van der Waals surface area contributed by atoms with Crippen LogP contribution in [0.25, 0.3) is 5.69 Å². The summed E-state index contributed by atoms with van der Waals surface area (Å²) >= 11 is 12.4. The molecule has 1 heterocycles. The molecule has 4 rings (SSSR count). The molecule has 186 valence electrons. The van der Waals surface area contributed by atoms with Gasteiger partial charge in [-0.25, -0.2) is 13.4 Å². The van der Waals surface area contributed by atoms with Crippen LogP contribution in [0.1, 0.15) is 24.4 Å². The molecule has 0 saturated heterocycles. The lowest BCUT2D eigenvalue weighted by Gasteiger charge is -2.21. The number of nitrogens with zero attached hydrogens (tertiary/aromatic N) is 2. The van der Waals surface area contributed by atoms with Gasteiger partial charge >= 0.3 is 6.18 Å². The first-order valence-corrected chi connectivity index (χ1v) is 13.3. The minimum absolute atomic E-state index is 0.00603. The fourth-order valence-corrected chi connectivity index (χ4v) is 5.27. The summed E-state index contributed by atoms with van der Waals surface area (Å²) in [6.07, 6.45) is 9.39. The van der Waals surface area contributed by atoms with E-state index >= 15 is 0 Å². The number of imidazole rings is 1. The van der Waals surface area contributed by atoms with Crippen LogP contribution in [0.2, 0.25) is 10.0 Å². The molecule has 2 atom stereocenters. The molecule has 35 heavy (non-hydrogen) atoms. The summed E-state index contributed by atoms with van der Waals surface area (Å²) < 4.78 is 70.4. The molecule has 1 aromatic carbocycles. The Bertz CT molecular complexity index is 1340. The van der Waals surface area contributed by atoms with Crippen LogP contribution in [0.3, 0.4) is 0 Å². The topological polar surface area (TPSA) is 61.2 Å². The minimum Gasteiger partial charge on any atom is -0.486 e. The number of alkyl halides is 3. The summed E-state index contributed by atoms with van der Waals surface area (Å²) in [5, 5.41) is -0.155. The van der Waals surface area contributed by atoms with Gasteiger partial charge in [-0.05, 0) is 42.7 Å². The second-order valence-corrected chi connectivity index (χ2v) is 11.3. The molecule has 0 spiro atoms. The molecule has 1 aromatic heterocycles. The highest BCUT2D eigenvalue weighted by Crippen LogP contribution is 2.35. The Kier molecular flexibility index (Phi) is 7.22. The Morgan fingerprint density at radius 3 is 2.37 bits per heavy atom. The first-order valence-electron chi connectivity index (χ1n) is 10.6. The monoisotopic (exact) mass is 544 g/mol. The zero-order chi connectivity index (χ0) is 25.4. The Morgan fingerprint density at radius 1 is 1.11 bits per heavy atom. The number of aromatic nitrogens is 2. The van der Waals surface area contributed by atoms with Gasteiger partial charge in [0.1, 0.15) is 12.4 Å². The Morgan fingerprint density at radius 2 is 1.83 bits per heavy atom. The van der Waals surface area contributed by atoms with E-state index in [1.54, 1.807) is 18.2 Å². The van der Waals surface area contributed by atoms with E-state index in [1.807, 2.05) is 24.3 Å². The van der Waals surface area contributed by atoms with Crippen LogP contribution in [0.15, 0.2) is 72.2 Å². The summed E-state index contributed by atoms with van der Waals surface area (Å²) in [5.74, 6) is 0.539. The zero-order valence-corrected chi connectivity index (χ0v) is 20.8. The molecule has 2 aromatic rings. The van der Waals surface area contributed by atoms with Crippen LogP contribution >= 0.6 is 23.2 Å². The van der Waals surface area contributed by atoms with Gasteiger partial charge in [-0.1, -0.05) is 53.6 Å². The number of benzene rings is 1. The van der Waals surface area contributed by atoms with Gasteiger partial charge in [-0.15, -0.1) is 0 Å². The maximum Gasteiger partial charge on any atom is 0.434 e. The summed E-state index contributed by atoms with van der Waals surface area (Å²) in [6, 6.07) is 4.65. The number of para-hydroxylation sites is 1. The van der Waals surface area contributed by atoms with Crippen molar-refractivity contribution in [3.05, 3.63) is 93.7 Å². The first-order chi connectivity index (χ1) is 16.4. The summed E-state index contributed by atoms with van der Waals surface area (Å²) in [7, 11) is -3.14. The normalized spacial score (nSPS) is 20.5. The van der Waals surface area contributed by atoms with E-state index in [-0.39, 0.29) is 34.1 Å². The largest absolute Gasteiger partial charge is 0.486 e. The predicted octanol–water partition coefficient (Wildman–Crippen LogP) is 6.47. The van der Waals surface area contributed by atoms with E-state index in [1.165, 1.54) is 23.0 Å². The number of hydrogen-bond acceptors (Lipinski definition) is 4. The quantitative estimate of drug-likeness (QED) is 0.417. The van der Waals surface area contributed by atoms with Gasteiger partial charge in [-0.3, -0.25) is 4.57 Å². The number of sulfone groups is 1. The molecule has 0 fully saturated rings. The van der Waals surface area contributed by atoms with Gasteiger partial charge in [0, 0.05) is 18.4 Å². The van der Waals surface area contributed by atoms with Crippen LogP contribution in [0.5, 0.6) is 0 Å². The van der Waals surface area contributed by atoms with Crippen molar-refractivity contribution in [1.29, 1.82) is 0 Å². The lowest BCUT2D eigenvalue weighted by molar-refractivity contribution is -0.141. The molecule has 5 nitrogen and oxygen atoms in total. The second kappa shape index (κ2) is 9.87. The van der Waals surface area contributed by atoms with E-state index in [0.717, 1.165) is 11.8 Å². The molecule has 0 N–H and O–H groups in total. The van der Waals surface area contributed by atoms with Crippen molar-refractivity contribution in [1.82, 2.24) is 9.55 Å². The van der Waals surface area contributed by atoms with Crippen LogP contribution in [0.4, 0.5) is 13.2 Å². The number of allylic oxidation sites excluding steroid dienone is 6. The fourth-order valence-electron chi connectivity index (χ4n) is 3.88. The third-order valence-corrected chi connectivity index (χ3v) is 7.81. The number of ether oxygens (including phenoxy) is 1. The molecule has 11 heteroatoms. The van der Waals surface area contributed by atoms with E-state index in [2.05, 4.69) is 4.98 Å². The Balaban J connectivity index is 1.48. The first kappa shape index (κ1) is 25.6. The molecule has 0 saturated carbocycles. The standard InChI is InChI=1S/C24H21Cl2F3N2O3S/c1-35(32,33)18-11-7-16(8-12-18)15-5-9-17(10-6-15)34-14-22-30-21(24(27,28)29)13-31(22)23-19(25)3-2-4-20(23)26/h2-5,7-11,13,15,18H,6,12,14H2,1H3. The molecular weight excluding hydrogens is 524 g/mol. The molecular formula is C24H21Cl2F3N2O3S. The summed E-state index contributed by atoms with van der Waals surface area (Å²) in [6.45, 7) is -0.239. The van der Waals surface area contributed by atoms with Gasteiger partial charge in [-0.2, -0.15) is 13.2 Å². The summed E-state index contributed by atoms with van der Waals surface area (Å²) in [5.41, 5.74) is 0.119. The van der Waals surface area contributed by atoms with Crippen LogP contribution < -0.4 is 0 Å². The van der Waals surface area contributed by atoms with Crippen molar-refractivity contribution >= 4 is 33.0 Å². The van der Waals surface area contributed by atoms with E-state index in [4.69, 9.17) is 27.9 Å². The average molecular weight is 545 g/mol. The molecule has 2 aliphatic rings. The molecule has 0 bridgehead atoms. The predicted molar refractivity (Wildman–Crippen MR) is 129 cm³/mol. The second-order valence-electron chi connectivity index (χ2n) is 8.24. The van der Waals surface area contributed by atoms with E-state index in [0.29, 0.717) is 18.6 Å². The summed E-state index contributed by atoms with van der Waals surface area (Å²) in [4.78, 5) is 3.72. The third kappa shape index (κ3) is 5.85. The Labute approximate surface area is 211 Å². The highest BCUT2D eigenvalue weighted by molar-refractivity contribution is 7.91. The average Bonchev–Trinajstić information content (AvgIpc) is 3.22. The highest BCUT2D eigenvalue weighted by Gasteiger charge is 2.35. The molecule has 0 aliphatic heterocycles. The van der Waals surface area contributed by atoms with Crippen LogP contribution in [-0.4, -0.2) is 29.5 Å². The van der Waals surface area contributed by atoms with Gasteiger partial charge < -0.3 is 4.74 Å². The SMILES string of the molecule is CS(=O)(=O)C1C=CC(C2C=CC(OCc3nc(C(F)(F)F)cn3-c3c(Cl)cccc3Cl)=CC2)=CC1. The van der Waals surface area contributed by atoms with E-state index < -0.39 is 27.0 Å². The van der Waals surface area contributed by atoms with Crippen molar-refractivity contribution in [2.45, 2.75) is 30.9 Å². The molecule has 2 unspecified atom stereocenters. The zero-order valence-electron chi connectivity index (χ0n) is 18.5. The van der Waals surface area contributed by atoms with Crippen molar-refractivity contribution in [3.63, 3.8) is 0 Å². The molecule has 0 amide bonds. The van der Waals surface area contributed by atoms with Crippen LogP contribution in [-0.2, 0) is 27.4 Å². The lowest BCUT2D eigenvalue weighted by atomic mass is 9.88. The number of rotatable bonds is 6. The smallest absolute Gasteiger partial charge is 0.434 e. The van der Waals surface area contributed by atoms with Gasteiger partial charge in [0.2, 0.25) is 0 Å². The Hall–Kier alpha value is -2.49. The molecule has 0 radical (unpaired) electrons. The maximum atomic E-state index is 13.4. The number of halogens is 5. The fraction of sp³-hybridized carbons (Fsp3) is 0.292. The van der Waals surface area contributed by atoms with Crippen molar-refractivity contribution < 1.29 is 26.3 Å². The van der Waals surface area contributed by atoms with Crippen molar-refractivity contribution in [3.8, 4) is 5.69 Å². The maximum absolute atomic E-state index is 13.4. The third-order valence-electron chi connectivity index (χ3n) is 5.75. The lowest BCUT2D eigenvalue weighted by Crippen LogP contribution is -2.19.